The molecule has 1 aromatic rings. The van der Waals surface area contributed by atoms with E-state index in [4.69, 9.17) is 5.73 Å². The van der Waals surface area contributed by atoms with Gasteiger partial charge in [0.1, 0.15) is 0 Å². The highest BCUT2D eigenvalue weighted by Gasteiger charge is 2.39. The largest absolute Gasteiger partial charge is 0.350 e. The standard InChI is InChI=1S/C11H16FN3/c1-2-5-11(13)7-15(8-11)10-9(12)4-3-6-14-10/h3-4,6H,2,5,7-8,13H2,1H3. The fraction of sp³-hybridized carbons (Fsp3) is 0.545. The number of hydrogen-bond donors (Lipinski definition) is 1. The van der Waals surface area contributed by atoms with E-state index in [0.29, 0.717) is 18.9 Å². The minimum absolute atomic E-state index is 0.140. The van der Waals surface area contributed by atoms with Gasteiger partial charge < -0.3 is 10.6 Å². The van der Waals surface area contributed by atoms with Gasteiger partial charge in [-0.05, 0) is 18.6 Å². The molecule has 82 valence electrons. The molecule has 15 heavy (non-hydrogen) atoms. The molecule has 3 nitrogen and oxygen atoms in total. The van der Waals surface area contributed by atoms with Crippen molar-refractivity contribution < 1.29 is 4.39 Å². The van der Waals surface area contributed by atoms with Gasteiger partial charge in [-0.1, -0.05) is 13.3 Å². The van der Waals surface area contributed by atoms with Gasteiger partial charge in [-0.3, -0.25) is 0 Å². The molecule has 4 heteroatoms. The Morgan fingerprint density at radius 1 is 1.60 bits per heavy atom. The van der Waals surface area contributed by atoms with Crippen LogP contribution in [0.5, 0.6) is 0 Å². The average molecular weight is 209 g/mol. The zero-order valence-corrected chi connectivity index (χ0v) is 8.91. The van der Waals surface area contributed by atoms with Crippen molar-refractivity contribution in [2.45, 2.75) is 25.3 Å². The number of pyridine rings is 1. The number of nitrogens with two attached hydrogens (primary N) is 1. The van der Waals surface area contributed by atoms with Gasteiger partial charge >= 0.3 is 0 Å². The normalized spacial score (nSPS) is 18.7. The summed E-state index contributed by atoms with van der Waals surface area (Å²) in [6.07, 6.45) is 3.65. The molecular formula is C11H16FN3. The van der Waals surface area contributed by atoms with Crippen molar-refractivity contribution in [1.29, 1.82) is 0 Å². The van der Waals surface area contributed by atoms with Crippen LogP contribution in [0.1, 0.15) is 19.8 Å². The molecule has 1 aliphatic rings. The maximum absolute atomic E-state index is 13.4. The molecule has 0 aliphatic carbocycles. The maximum Gasteiger partial charge on any atom is 0.165 e. The molecule has 1 aliphatic heterocycles. The van der Waals surface area contributed by atoms with Crippen LogP contribution in [0.2, 0.25) is 0 Å². The highest BCUT2D eigenvalue weighted by molar-refractivity contribution is 5.45. The monoisotopic (exact) mass is 209 g/mol. The van der Waals surface area contributed by atoms with Gasteiger partial charge in [0.2, 0.25) is 0 Å². The number of halogens is 1. The van der Waals surface area contributed by atoms with Gasteiger partial charge in [0.25, 0.3) is 0 Å². The Morgan fingerprint density at radius 2 is 2.33 bits per heavy atom. The van der Waals surface area contributed by atoms with Gasteiger partial charge in [-0.15, -0.1) is 0 Å². The molecule has 2 rings (SSSR count). The van der Waals surface area contributed by atoms with E-state index in [1.807, 2.05) is 4.90 Å². The lowest BCUT2D eigenvalue weighted by Gasteiger charge is -2.48. The van der Waals surface area contributed by atoms with Crippen LogP contribution in [0, 0.1) is 5.82 Å². The second-order valence-corrected chi connectivity index (χ2v) is 4.28. The second-order valence-electron chi connectivity index (χ2n) is 4.28. The molecule has 0 spiro atoms. The Kier molecular flexibility index (Phi) is 2.61. The lowest BCUT2D eigenvalue weighted by atomic mass is 9.86. The third-order valence-electron chi connectivity index (χ3n) is 2.80. The maximum atomic E-state index is 13.4. The van der Waals surface area contributed by atoms with Crippen LogP contribution in [0.25, 0.3) is 0 Å². The van der Waals surface area contributed by atoms with Crippen LogP contribution in [0.3, 0.4) is 0 Å². The fourth-order valence-electron chi connectivity index (χ4n) is 2.13. The van der Waals surface area contributed by atoms with Gasteiger partial charge in [-0.2, -0.15) is 0 Å². The Hall–Kier alpha value is -1.16. The van der Waals surface area contributed by atoms with Crippen LogP contribution >= 0.6 is 0 Å². The summed E-state index contributed by atoms with van der Waals surface area (Å²) in [5.74, 6) is 0.158. The lowest BCUT2D eigenvalue weighted by molar-refractivity contribution is 0.303. The smallest absolute Gasteiger partial charge is 0.165 e. The van der Waals surface area contributed by atoms with Gasteiger partial charge in [0.15, 0.2) is 11.6 Å². The zero-order valence-electron chi connectivity index (χ0n) is 8.91. The quantitative estimate of drug-likeness (QED) is 0.821. The van der Waals surface area contributed by atoms with Crippen molar-refractivity contribution in [3.63, 3.8) is 0 Å². The summed E-state index contributed by atoms with van der Waals surface area (Å²) in [4.78, 5) is 5.92. The Labute approximate surface area is 89.1 Å². The molecule has 1 aromatic heterocycles. The molecule has 2 N–H and O–H groups in total. The first-order chi connectivity index (χ1) is 7.14. The first-order valence-corrected chi connectivity index (χ1v) is 5.29. The van der Waals surface area contributed by atoms with E-state index in [1.165, 1.54) is 6.07 Å². The van der Waals surface area contributed by atoms with E-state index in [2.05, 4.69) is 11.9 Å². The van der Waals surface area contributed by atoms with Crippen LogP contribution < -0.4 is 10.6 Å². The highest BCUT2D eigenvalue weighted by atomic mass is 19.1. The van der Waals surface area contributed by atoms with Crippen LogP contribution in [0.15, 0.2) is 18.3 Å². The summed E-state index contributed by atoms with van der Waals surface area (Å²) in [6.45, 7) is 3.52. The molecule has 0 unspecified atom stereocenters. The van der Waals surface area contributed by atoms with Crippen molar-refractivity contribution in [3.05, 3.63) is 24.1 Å². The SMILES string of the molecule is CCCC1(N)CN(c2ncccc2F)C1. The van der Waals surface area contributed by atoms with Crippen LogP contribution in [0.4, 0.5) is 10.2 Å². The predicted molar refractivity (Wildman–Crippen MR) is 58.2 cm³/mol. The van der Waals surface area contributed by atoms with E-state index in [-0.39, 0.29) is 11.4 Å². The van der Waals surface area contributed by atoms with Crippen molar-refractivity contribution >= 4 is 5.82 Å². The predicted octanol–water partition coefficient (Wildman–Crippen LogP) is 1.54. The first-order valence-electron chi connectivity index (χ1n) is 5.29. The van der Waals surface area contributed by atoms with E-state index >= 15 is 0 Å². The summed E-state index contributed by atoms with van der Waals surface area (Å²) in [5, 5.41) is 0. The number of nitrogens with zero attached hydrogens (tertiary/aromatic N) is 2. The Balaban J connectivity index is 2.03. The second kappa shape index (κ2) is 3.77. The molecule has 0 amide bonds. The Bertz CT molecular complexity index is 347. The van der Waals surface area contributed by atoms with Gasteiger partial charge in [-0.25, -0.2) is 9.37 Å². The van der Waals surface area contributed by atoms with Crippen molar-refractivity contribution in [3.8, 4) is 0 Å². The number of anilines is 1. The molecule has 0 radical (unpaired) electrons. The minimum Gasteiger partial charge on any atom is -0.350 e. The van der Waals surface area contributed by atoms with E-state index in [1.54, 1.807) is 12.3 Å². The number of aromatic nitrogens is 1. The first kappa shape index (κ1) is 10.4. The van der Waals surface area contributed by atoms with E-state index in [9.17, 15) is 4.39 Å². The summed E-state index contributed by atoms with van der Waals surface area (Å²) in [6, 6.07) is 3.03. The third kappa shape index (κ3) is 1.95. The van der Waals surface area contributed by atoms with E-state index in [0.717, 1.165) is 12.8 Å². The molecular weight excluding hydrogens is 193 g/mol. The molecule has 1 fully saturated rings. The molecule has 0 atom stereocenters. The molecule has 0 aromatic carbocycles. The lowest BCUT2D eigenvalue weighted by Crippen LogP contribution is -2.67. The zero-order chi connectivity index (χ0) is 10.9. The number of hydrogen-bond acceptors (Lipinski definition) is 3. The van der Waals surface area contributed by atoms with Crippen molar-refractivity contribution in [2.24, 2.45) is 5.73 Å². The molecule has 1 saturated heterocycles. The minimum atomic E-state index is -0.268. The third-order valence-corrected chi connectivity index (χ3v) is 2.80. The summed E-state index contributed by atoms with van der Waals surface area (Å²) >= 11 is 0. The van der Waals surface area contributed by atoms with Gasteiger partial charge in [0, 0.05) is 19.3 Å². The van der Waals surface area contributed by atoms with Crippen molar-refractivity contribution in [1.82, 2.24) is 4.98 Å². The fourth-order valence-corrected chi connectivity index (χ4v) is 2.13. The van der Waals surface area contributed by atoms with Gasteiger partial charge in [0.05, 0.1) is 5.54 Å². The average Bonchev–Trinajstić information content (AvgIpc) is 2.15. The van der Waals surface area contributed by atoms with Crippen LogP contribution in [-0.4, -0.2) is 23.6 Å². The molecule has 0 saturated carbocycles. The summed E-state index contributed by atoms with van der Waals surface area (Å²) in [5.41, 5.74) is 5.96. The Morgan fingerprint density at radius 3 is 2.93 bits per heavy atom. The van der Waals surface area contributed by atoms with Crippen LogP contribution in [-0.2, 0) is 0 Å². The summed E-state index contributed by atoms with van der Waals surface area (Å²) in [7, 11) is 0. The summed E-state index contributed by atoms with van der Waals surface area (Å²) < 4.78 is 13.4. The van der Waals surface area contributed by atoms with Crippen molar-refractivity contribution in [2.75, 3.05) is 18.0 Å². The molecule has 2 heterocycles. The van der Waals surface area contributed by atoms with E-state index < -0.39 is 0 Å². The topological polar surface area (TPSA) is 42.1 Å². The highest BCUT2D eigenvalue weighted by Crippen LogP contribution is 2.28. The number of rotatable bonds is 3. The molecule has 0 bridgehead atoms.